The molecule has 1 heterocycles. The molecule has 1 saturated carbocycles. The molecule has 0 radical (unpaired) electrons. The number of nitrogens with two attached hydrogens (primary N) is 1. The van der Waals surface area contributed by atoms with Crippen molar-refractivity contribution in [2.75, 3.05) is 38.2 Å². The van der Waals surface area contributed by atoms with E-state index in [1.54, 1.807) is 17.0 Å². The van der Waals surface area contributed by atoms with Gasteiger partial charge in [0.25, 0.3) is 5.91 Å². The monoisotopic (exact) mass is 397 g/mol. The van der Waals surface area contributed by atoms with Crippen molar-refractivity contribution < 1.29 is 19.1 Å². The van der Waals surface area contributed by atoms with Crippen LogP contribution in [0.5, 0.6) is 5.75 Å². The smallest absolute Gasteiger partial charge is 0.260 e. The first-order chi connectivity index (χ1) is 12.6. The molecule has 27 heavy (non-hydrogen) atoms. The summed E-state index contributed by atoms with van der Waals surface area (Å²) < 4.78 is 10.9. The van der Waals surface area contributed by atoms with Gasteiger partial charge in [-0.1, -0.05) is 18.6 Å². The molecule has 7 nitrogen and oxygen atoms in total. The quantitative estimate of drug-likeness (QED) is 0.763. The summed E-state index contributed by atoms with van der Waals surface area (Å²) in [4.78, 5) is 26.3. The van der Waals surface area contributed by atoms with E-state index in [2.05, 4.69) is 5.32 Å². The van der Waals surface area contributed by atoms with E-state index in [1.165, 1.54) is 0 Å². The lowest BCUT2D eigenvalue weighted by molar-refractivity contribution is -0.137. The fourth-order valence-electron chi connectivity index (χ4n) is 3.50. The molecule has 3 N–H and O–H groups in total. The van der Waals surface area contributed by atoms with Gasteiger partial charge in [-0.15, -0.1) is 12.4 Å². The number of amides is 2. The van der Waals surface area contributed by atoms with Crippen LogP contribution in [0.1, 0.15) is 25.7 Å². The number of carbonyl (C=O) groups excluding carboxylic acids is 2. The van der Waals surface area contributed by atoms with Gasteiger partial charge in [0.1, 0.15) is 5.75 Å². The van der Waals surface area contributed by atoms with Crippen LogP contribution in [-0.4, -0.2) is 55.7 Å². The molecule has 2 atom stereocenters. The van der Waals surface area contributed by atoms with Gasteiger partial charge in [0.05, 0.1) is 18.9 Å². The Balaban J connectivity index is 0.00000261. The number of nitrogens with one attached hydrogen (secondary N) is 1. The Labute approximate surface area is 166 Å². The molecule has 2 fully saturated rings. The van der Waals surface area contributed by atoms with Gasteiger partial charge in [0.2, 0.25) is 5.91 Å². The summed E-state index contributed by atoms with van der Waals surface area (Å²) in [5, 5.41) is 2.90. The molecule has 1 aromatic carbocycles. The SMILES string of the molecule is Cl.N[C@@H]1CCC[C@H]1CC(=O)Nc1ccccc1OCC(=O)N1CCOCC1. The third-order valence-electron chi connectivity index (χ3n) is 5.04. The molecule has 0 spiro atoms. The lowest BCUT2D eigenvalue weighted by Crippen LogP contribution is -2.43. The highest BCUT2D eigenvalue weighted by Crippen LogP contribution is 2.28. The number of morpholine rings is 1. The van der Waals surface area contributed by atoms with E-state index >= 15 is 0 Å². The Kier molecular flexibility index (Phi) is 8.34. The van der Waals surface area contributed by atoms with Crippen LogP contribution in [0.4, 0.5) is 5.69 Å². The average Bonchev–Trinajstić information content (AvgIpc) is 3.06. The van der Waals surface area contributed by atoms with Gasteiger partial charge in [0.15, 0.2) is 6.61 Å². The van der Waals surface area contributed by atoms with Crippen LogP contribution in [0, 0.1) is 5.92 Å². The van der Waals surface area contributed by atoms with E-state index in [0.717, 1.165) is 19.3 Å². The van der Waals surface area contributed by atoms with Crippen molar-refractivity contribution in [3.8, 4) is 5.75 Å². The predicted molar refractivity (Wildman–Crippen MR) is 105 cm³/mol. The number of nitrogens with zero attached hydrogens (tertiary/aromatic N) is 1. The number of rotatable bonds is 6. The van der Waals surface area contributed by atoms with Gasteiger partial charge in [0, 0.05) is 25.6 Å². The average molecular weight is 398 g/mol. The van der Waals surface area contributed by atoms with Crippen molar-refractivity contribution in [3.63, 3.8) is 0 Å². The number of halogens is 1. The van der Waals surface area contributed by atoms with E-state index in [4.69, 9.17) is 15.2 Å². The van der Waals surface area contributed by atoms with Crippen molar-refractivity contribution in [1.29, 1.82) is 0 Å². The zero-order valence-corrected chi connectivity index (χ0v) is 16.2. The number of carbonyl (C=O) groups is 2. The summed E-state index contributed by atoms with van der Waals surface area (Å²) in [6.45, 7) is 2.23. The summed E-state index contributed by atoms with van der Waals surface area (Å²) in [6.07, 6.45) is 3.49. The summed E-state index contributed by atoms with van der Waals surface area (Å²) in [5.74, 6) is 0.596. The maximum atomic E-state index is 12.3. The molecule has 1 saturated heterocycles. The number of anilines is 1. The molecular weight excluding hydrogens is 370 g/mol. The fraction of sp³-hybridized carbons (Fsp3) is 0.579. The minimum atomic E-state index is -0.0774. The Hall–Kier alpha value is -1.83. The lowest BCUT2D eigenvalue weighted by atomic mass is 10.00. The zero-order valence-electron chi connectivity index (χ0n) is 15.4. The molecule has 0 aromatic heterocycles. The molecule has 150 valence electrons. The second-order valence-electron chi connectivity index (χ2n) is 6.89. The van der Waals surface area contributed by atoms with Gasteiger partial charge in [-0.2, -0.15) is 0 Å². The number of hydrogen-bond acceptors (Lipinski definition) is 5. The molecule has 0 unspecified atom stereocenters. The summed E-state index contributed by atoms with van der Waals surface area (Å²) in [5.41, 5.74) is 6.63. The first-order valence-corrected chi connectivity index (χ1v) is 9.26. The van der Waals surface area contributed by atoms with Crippen molar-refractivity contribution in [1.82, 2.24) is 4.90 Å². The molecule has 3 rings (SSSR count). The van der Waals surface area contributed by atoms with Crippen LogP contribution in [0.3, 0.4) is 0 Å². The minimum Gasteiger partial charge on any atom is -0.482 e. The van der Waals surface area contributed by atoms with Crippen LogP contribution in [0.15, 0.2) is 24.3 Å². The molecule has 1 aromatic rings. The van der Waals surface area contributed by atoms with Gasteiger partial charge >= 0.3 is 0 Å². The number of benzene rings is 1. The second kappa shape index (κ2) is 10.5. The standard InChI is InChI=1S/C19H27N3O4.ClH/c20-15-5-3-4-14(15)12-18(23)21-16-6-1-2-7-17(16)26-13-19(24)22-8-10-25-11-9-22;/h1-2,6-7,14-15H,3-5,8-13,20H2,(H,21,23);1H/t14-,15+;/m0./s1. The summed E-state index contributed by atoms with van der Waals surface area (Å²) in [7, 11) is 0. The Morgan fingerprint density at radius 1 is 1.22 bits per heavy atom. The van der Waals surface area contributed by atoms with Gasteiger partial charge in [-0.05, 0) is 30.9 Å². The number of hydrogen-bond donors (Lipinski definition) is 2. The maximum Gasteiger partial charge on any atom is 0.260 e. The molecule has 8 heteroatoms. The number of para-hydroxylation sites is 2. The molecule has 0 bridgehead atoms. The summed E-state index contributed by atoms with van der Waals surface area (Å²) in [6, 6.07) is 7.29. The molecule has 1 aliphatic carbocycles. The Morgan fingerprint density at radius 2 is 1.96 bits per heavy atom. The van der Waals surface area contributed by atoms with Crippen molar-refractivity contribution in [2.24, 2.45) is 11.7 Å². The van der Waals surface area contributed by atoms with Gasteiger partial charge in [-0.25, -0.2) is 0 Å². The van der Waals surface area contributed by atoms with Gasteiger partial charge < -0.3 is 25.4 Å². The zero-order chi connectivity index (χ0) is 18.4. The molecule has 2 aliphatic rings. The lowest BCUT2D eigenvalue weighted by Gasteiger charge is -2.26. The summed E-state index contributed by atoms with van der Waals surface area (Å²) >= 11 is 0. The van der Waals surface area contributed by atoms with E-state index in [0.29, 0.717) is 44.2 Å². The predicted octanol–water partition coefficient (Wildman–Crippen LogP) is 1.80. The highest BCUT2D eigenvalue weighted by Gasteiger charge is 2.26. The highest BCUT2D eigenvalue weighted by atomic mass is 35.5. The van der Waals surface area contributed by atoms with Crippen molar-refractivity contribution in [2.45, 2.75) is 31.7 Å². The Morgan fingerprint density at radius 3 is 2.67 bits per heavy atom. The topological polar surface area (TPSA) is 93.9 Å². The van der Waals surface area contributed by atoms with Gasteiger partial charge in [-0.3, -0.25) is 9.59 Å². The van der Waals surface area contributed by atoms with Crippen molar-refractivity contribution in [3.05, 3.63) is 24.3 Å². The van der Waals surface area contributed by atoms with E-state index < -0.39 is 0 Å². The molecular formula is C19H28ClN3O4. The van der Waals surface area contributed by atoms with E-state index in [9.17, 15) is 9.59 Å². The fourth-order valence-corrected chi connectivity index (χ4v) is 3.50. The molecule has 1 aliphatic heterocycles. The van der Waals surface area contributed by atoms with Crippen LogP contribution in [0.25, 0.3) is 0 Å². The molecule has 2 amide bonds. The first kappa shape index (κ1) is 21.5. The van der Waals surface area contributed by atoms with Crippen LogP contribution in [0.2, 0.25) is 0 Å². The maximum absolute atomic E-state index is 12.3. The third kappa shape index (κ3) is 6.09. The second-order valence-corrected chi connectivity index (χ2v) is 6.89. The third-order valence-corrected chi connectivity index (χ3v) is 5.04. The van der Waals surface area contributed by atoms with Crippen LogP contribution < -0.4 is 15.8 Å². The highest BCUT2D eigenvalue weighted by molar-refractivity contribution is 5.92. The van der Waals surface area contributed by atoms with Crippen LogP contribution in [-0.2, 0) is 14.3 Å². The first-order valence-electron chi connectivity index (χ1n) is 9.26. The van der Waals surface area contributed by atoms with E-state index in [-0.39, 0.29) is 42.8 Å². The van der Waals surface area contributed by atoms with E-state index in [1.807, 2.05) is 12.1 Å². The van der Waals surface area contributed by atoms with Crippen molar-refractivity contribution >= 4 is 29.9 Å². The number of ether oxygens (including phenoxy) is 2. The Bertz CT molecular complexity index is 637. The minimum absolute atomic E-state index is 0. The largest absolute Gasteiger partial charge is 0.482 e. The normalized spacial score (nSPS) is 22.0. The van der Waals surface area contributed by atoms with Crippen LogP contribution >= 0.6 is 12.4 Å².